The van der Waals surface area contributed by atoms with Crippen molar-refractivity contribution in [2.24, 2.45) is 0 Å². The quantitative estimate of drug-likeness (QED) is 0.491. The minimum atomic E-state index is -3.32. The predicted molar refractivity (Wildman–Crippen MR) is 48.2 cm³/mol. The summed E-state index contributed by atoms with van der Waals surface area (Å²) in [6, 6.07) is 0. The van der Waals surface area contributed by atoms with E-state index in [9.17, 15) is 4.57 Å². The third-order valence-corrected chi connectivity index (χ3v) is 2.07. The van der Waals surface area contributed by atoms with E-state index in [1.807, 2.05) is 21.1 Å². The van der Waals surface area contributed by atoms with E-state index < -0.39 is 6.07 Å². The summed E-state index contributed by atoms with van der Waals surface area (Å²) in [5.41, 5.74) is 0. The van der Waals surface area contributed by atoms with Gasteiger partial charge in [-0.25, -0.2) is 0 Å². The number of quaternary nitrogens is 1. The van der Waals surface area contributed by atoms with Crippen LogP contribution >= 0.6 is 28.6 Å². The fourth-order valence-corrected chi connectivity index (χ4v) is 1.13. The number of rotatable bonds is 4. The van der Waals surface area contributed by atoms with Gasteiger partial charge in [-0.1, -0.05) is 0 Å². The van der Waals surface area contributed by atoms with E-state index in [1.165, 1.54) is 0 Å². The third kappa shape index (κ3) is 13.6. The third-order valence-electron chi connectivity index (χ3n) is 1.00. The highest BCUT2D eigenvalue weighted by molar-refractivity contribution is 8.05. The lowest BCUT2D eigenvalue weighted by Crippen LogP contribution is -3.00. The molecule has 0 N–H and O–H groups in total. The lowest BCUT2D eigenvalue weighted by Gasteiger charge is -2.23. The van der Waals surface area contributed by atoms with Gasteiger partial charge in [-0.3, -0.25) is 4.57 Å². The van der Waals surface area contributed by atoms with Crippen LogP contribution in [0.25, 0.3) is 0 Å². The molecule has 0 aliphatic rings. The number of hydrogen-bond donors (Lipinski definition) is 0. The van der Waals surface area contributed by atoms with Crippen molar-refractivity contribution in [3.63, 3.8) is 0 Å². The summed E-state index contributed by atoms with van der Waals surface area (Å²) in [4.78, 5) is 0. The lowest BCUT2D eigenvalue weighted by molar-refractivity contribution is -0.870. The Balaban J connectivity index is 0. The summed E-state index contributed by atoms with van der Waals surface area (Å²) in [6.07, 6.45) is -3.32. The van der Waals surface area contributed by atoms with Gasteiger partial charge in [0.15, 0.2) is 0 Å². The number of likely N-dealkylation sites (N-methyl/N-ethyl adjacent to an activating group) is 1. The van der Waals surface area contributed by atoms with Gasteiger partial charge in [-0.05, 0) is 22.5 Å². The monoisotopic (exact) mass is 255 g/mol. The van der Waals surface area contributed by atoms with Gasteiger partial charge in [0.05, 0.1) is 21.1 Å². The van der Waals surface area contributed by atoms with Crippen molar-refractivity contribution in [3.05, 3.63) is 0 Å². The summed E-state index contributed by atoms with van der Waals surface area (Å²) in [5, 5.41) is 0. The molecule has 0 aliphatic carbocycles. The predicted octanol–water partition coefficient (Wildman–Crippen LogP) is -0.701. The first-order valence-corrected chi connectivity index (χ1v) is 6.58. The van der Waals surface area contributed by atoms with Crippen LogP contribution in [-0.4, -0.2) is 38.8 Å². The molecule has 0 spiro atoms. The van der Waals surface area contributed by atoms with E-state index in [2.05, 4.69) is 4.52 Å². The molecule has 0 aromatic rings. The Kier molecular flexibility index (Phi) is 7.34. The summed E-state index contributed by atoms with van der Waals surface area (Å²) >= 11 is 10.3. The highest BCUT2D eigenvalue weighted by Gasteiger charge is 2.16. The Hall–Kier alpha value is 1.02. The maximum absolute atomic E-state index is 10.6. The van der Waals surface area contributed by atoms with E-state index >= 15 is 0 Å². The summed E-state index contributed by atoms with van der Waals surface area (Å²) < 4.78 is 16.0. The van der Waals surface area contributed by atoms with Gasteiger partial charge >= 0.3 is 6.07 Å². The van der Waals surface area contributed by atoms with Crippen LogP contribution in [-0.2, 0) is 9.09 Å². The molecule has 0 bridgehead atoms. The van der Waals surface area contributed by atoms with Crippen LogP contribution in [0, 0.1) is 0 Å². The largest absolute Gasteiger partial charge is 1.00 e. The van der Waals surface area contributed by atoms with Crippen molar-refractivity contribution >= 4 is 28.6 Å². The van der Waals surface area contributed by atoms with E-state index in [-0.39, 0.29) is 12.4 Å². The molecule has 0 radical (unpaired) electrons. The fraction of sp³-hybridized carbons (Fsp3) is 1.00. The van der Waals surface area contributed by atoms with Gasteiger partial charge in [0.2, 0.25) is 0 Å². The molecule has 0 fully saturated rings. The maximum Gasteiger partial charge on any atom is 0.380 e. The minimum absolute atomic E-state index is 0. The molecule has 0 amide bonds. The zero-order valence-electron chi connectivity index (χ0n) is 7.26. The standard InChI is InChI=1S/C5H13Cl2NO2P.ClH/c1-8(2,3)4-5-10-11(6,7)9;/h4-5H2,1-3H3;1H/q+1;/p-1. The Morgan fingerprint density at radius 3 is 2.00 bits per heavy atom. The molecule has 12 heavy (non-hydrogen) atoms. The average molecular weight is 256 g/mol. The van der Waals surface area contributed by atoms with E-state index in [0.29, 0.717) is 6.61 Å². The Morgan fingerprint density at radius 1 is 1.33 bits per heavy atom. The van der Waals surface area contributed by atoms with Gasteiger partial charge in [-0.15, -0.1) is 0 Å². The SMILES string of the molecule is C[N+](C)(C)CCOP(=O)(Cl)Cl.[Cl-]. The molecule has 0 aromatic heterocycles. The van der Waals surface area contributed by atoms with Crippen molar-refractivity contribution in [2.45, 2.75) is 0 Å². The second-order valence-corrected chi connectivity index (χ2v) is 7.54. The second-order valence-electron chi connectivity index (χ2n) is 3.26. The first-order chi connectivity index (χ1) is 4.71. The van der Waals surface area contributed by atoms with Gasteiger partial charge in [-0.2, -0.15) is 0 Å². The van der Waals surface area contributed by atoms with Crippen LogP contribution in [0.4, 0.5) is 0 Å². The lowest BCUT2D eigenvalue weighted by atomic mass is 10.5. The van der Waals surface area contributed by atoms with Crippen LogP contribution in [0.5, 0.6) is 0 Å². The molecule has 0 aliphatic heterocycles. The number of hydrogen-bond acceptors (Lipinski definition) is 2. The van der Waals surface area contributed by atoms with Crippen LogP contribution in [0.2, 0.25) is 0 Å². The first kappa shape index (κ1) is 15.5. The fourth-order valence-electron chi connectivity index (χ4n) is 0.421. The van der Waals surface area contributed by atoms with Gasteiger partial charge in [0.1, 0.15) is 13.2 Å². The molecule has 3 nitrogen and oxygen atoms in total. The Morgan fingerprint density at radius 2 is 1.75 bits per heavy atom. The highest BCUT2D eigenvalue weighted by atomic mass is 35.9. The second kappa shape index (κ2) is 5.69. The van der Waals surface area contributed by atoms with Crippen LogP contribution < -0.4 is 12.4 Å². The summed E-state index contributed by atoms with van der Waals surface area (Å²) in [6.45, 7) is 1.04. The molecular weight excluding hydrogens is 243 g/mol. The number of nitrogens with zero attached hydrogens (tertiary/aromatic N) is 1. The number of halogens is 3. The zero-order valence-corrected chi connectivity index (χ0v) is 10.4. The van der Waals surface area contributed by atoms with Crippen molar-refractivity contribution in [2.75, 3.05) is 34.3 Å². The summed E-state index contributed by atoms with van der Waals surface area (Å²) in [7, 11) is 5.99. The first-order valence-electron chi connectivity index (χ1n) is 3.15. The molecular formula is C5H13Cl3NO2P. The van der Waals surface area contributed by atoms with Crippen molar-refractivity contribution in [1.82, 2.24) is 0 Å². The van der Waals surface area contributed by atoms with Gasteiger partial charge < -0.3 is 21.4 Å². The highest BCUT2D eigenvalue weighted by Crippen LogP contribution is 2.57. The van der Waals surface area contributed by atoms with Crippen molar-refractivity contribution < 1.29 is 26.0 Å². The maximum atomic E-state index is 10.6. The van der Waals surface area contributed by atoms with Crippen LogP contribution in [0.15, 0.2) is 0 Å². The zero-order chi connectivity index (χ0) is 9.12. The van der Waals surface area contributed by atoms with Crippen LogP contribution in [0.3, 0.4) is 0 Å². The van der Waals surface area contributed by atoms with Gasteiger partial charge in [0, 0.05) is 0 Å². The molecule has 0 saturated carbocycles. The Bertz CT molecular complexity index is 165. The van der Waals surface area contributed by atoms with Crippen molar-refractivity contribution in [3.8, 4) is 0 Å². The van der Waals surface area contributed by atoms with Crippen molar-refractivity contribution in [1.29, 1.82) is 0 Å². The summed E-state index contributed by atoms with van der Waals surface area (Å²) in [5.74, 6) is 0. The van der Waals surface area contributed by atoms with Gasteiger partial charge in [0.25, 0.3) is 0 Å². The smallest absolute Gasteiger partial charge is 0.380 e. The molecule has 0 atom stereocenters. The topological polar surface area (TPSA) is 26.3 Å². The minimum Gasteiger partial charge on any atom is -1.00 e. The molecule has 0 unspecified atom stereocenters. The molecule has 0 heterocycles. The molecule has 0 rings (SSSR count). The van der Waals surface area contributed by atoms with E-state index in [0.717, 1.165) is 11.0 Å². The average Bonchev–Trinajstić information content (AvgIpc) is 1.55. The van der Waals surface area contributed by atoms with Crippen LogP contribution in [0.1, 0.15) is 0 Å². The Labute approximate surface area is 89.0 Å². The molecule has 0 saturated heterocycles. The van der Waals surface area contributed by atoms with E-state index in [1.54, 1.807) is 0 Å². The molecule has 0 aromatic carbocycles. The molecule has 76 valence electrons. The van der Waals surface area contributed by atoms with E-state index in [4.69, 9.17) is 22.5 Å². The normalized spacial score (nSPS) is 12.4. The molecule has 7 heteroatoms.